The van der Waals surface area contributed by atoms with Crippen molar-refractivity contribution in [2.45, 2.75) is 70.0 Å². The Bertz CT molecular complexity index is 3580. The van der Waals surface area contributed by atoms with E-state index in [-0.39, 0.29) is 17.0 Å². The van der Waals surface area contributed by atoms with Crippen molar-refractivity contribution in [1.29, 1.82) is 0 Å². The fourth-order valence-corrected chi connectivity index (χ4v) is 11.9. The fourth-order valence-electron chi connectivity index (χ4n) is 11.9. The number of rotatable bonds is 8. The summed E-state index contributed by atoms with van der Waals surface area (Å²) in [5.74, 6) is 0.268. The molecule has 5 aromatic heterocycles. The summed E-state index contributed by atoms with van der Waals surface area (Å²) < 4.78 is 11.0. The van der Waals surface area contributed by atoms with Crippen molar-refractivity contribution in [3.05, 3.63) is 193 Å². The Morgan fingerprint density at radius 1 is 0.667 bits per heavy atom. The molecule has 0 fully saturated rings. The lowest BCUT2D eigenvalue weighted by Crippen LogP contribution is -2.54. The predicted octanol–water partition coefficient (Wildman–Crippen LogP) is 14.4. The van der Waals surface area contributed by atoms with Crippen LogP contribution in [0, 0.1) is 0 Å². The normalized spacial score (nSPS) is 18.5. The minimum Gasteiger partial charge on any atom is -0.419 e. The third-order valence-corrected chi connectivity index (χ3v) is 14.8. The lowest BCUT2D eigenvalue weighted by molar-refractivity contribution is 0.349. The van der Waals surface area contributed by atoms with Crippen molar-refractivity contribution in [3.8, 4) is 5.69 Å². The zero-order chi connectivity index (χ0) is 42.7. The first-order valence-corrected chi connectivity index (χ1v) is 22.4. The fraction of sp³-hybridized carbons (Fsp3) is 0.193. The molecule has 1 aliphatic carbocycles. The van der Waals surface area contributed by atoms with Gasteiger partial charge in [0.2, 0.25) is 11.4 Å². The molecule has 0 N–H and O–H groups in total. The first kappa shape index (κ1) is 37.6. The predicted molar refractivity (Wildman–Crippen MR) is 261 cm³/mol. The molecular weight excluding hydrogens is 771 g/mol. The summed E-state index contributed by atoms with van der Waals surface area (Å²) in [7, 11) is 0. The van der Waals surface area contributed by atoms with Crippen LogP contribution in [-0.4, -0.2) is 24.6 Å². The van der Waals surface area contributed by atoms with Gasteiger partial charge in [0.15, 0.2) is 0 Å². The first-order chi connectivity index (χ1) is 30.8. The van der Waals surface area contributed by atoms with Gasteiger partial charge < -0.3 is 18.5 Å². The molecule has 0 saturated heterocycles. The Morgan fingerprint density at radius 2 is 1.32 bits per heavy atom. The molecule has 3 unspecified atom stereocenters. The van der Waals surface area contributed by atoms with E-state index in [4.69, 9.17) is 9.40 Å². The third kappa shape index (κ3) is 5.06. The summed E-state index contributed by atoms with van der Waals surface area (Å²) in [5.41, 5.74) is 11.2. The number of aromatic nitrogens is 4. The second kappa shape index (κ2) is 13.7. The van der Waals surface area contributed by atoms with E-state index in [0.29, 0.717) is 11.4 Å². The number of hydrogen-bond acceptors (Lipinski definition) is 4. The highest BCUT2D eigenvalue weighted by atomic mass is 16.3. The van der Waals surface area contributed by atoms with Gasteiger partial charge in [-0.2, -0.15) is 0 Å². The van der Waals surface area contributed by atoms with Crippen LogP contribution >= 0.6 is 0 Å². The Hall–Kier alpha value is -7.18. The number of benzene rings is 5. The van der Waals surface area contributed by atoms with E-state index >= 15 is 0 Å². The maximum absolute atomic E-state index is 6.02. The molecule has 5 aromatic carbocycles. The van der Waals surface area contributed by atoms with Crippen molar-refractivity contribution in [1.82, 2.24) is 19.1 Å². The maximum Gasteiger partial charge on any atom is 0.229 e. The van der Waals surface area contributed by atoms with Crippen LogP contribution in [0.3, 0.4) is 0 Å². The number of hydrogen-bond donors (Lipinski definition) is 0. The minimum absolute atomic E-state index is 0.231. The van der Waals surface area contributed by atoms with Gasteiger partial charge in [0.1, 0.15) is 0 Å². The SMILES string of the molecule is C/C=C\C(C)(c1ccc2c(c1)c1ccccc1n2C(CC)(CC)c1ccc2c(c1)c1ccccc1n2-c1cnc2oc3ncccc3c2c1)N1c2ccccc2C2C=CC=CC21C. The van der Waals surface area contributed by atoms with Gasteiger partial charge >= 0.3 is 0 Å². The summed E-state index contributed by atoms with van der Waals surface area (Å²) >= 11 is 0. The number of allylic oxidation sites excluding steroid dienone is 3. The molecule has 1 aliphatic heterocycles. The Balaban J connectivity index is 1.05. The van der Waals surface area contributed by atoms with Gasteiger partial charge in [0, 0.05) is 55.8 Å². The molecule has 10 aromatic rings. The van der Waals surface area contributed by atoms with Gasteiger partial charge in [-0.3, -0.25) is 0 Å². The molecule has 2 aliphatic rings. The van der Waals surface area contributed by atoms with Crippen LogP contribution in [0.15, 0.2) is 181 Å². The van der Waals surface area contributed by atoms with Gasteiger partial charge in [-0.15, -0.1) is 0 Å². The van der Waals surface area contributed by atoms with E-state index in [1.807, 2.05) is 12.3 Å². The zero-order valence-electron chi connectivity index (χ0n) is 36.4. The van der Waals surface area contributed by atoms with Crippen molar-refractivity contribution < 1.29 is 4.42 Å². The van der Waals surface area contributed by atoms with Crippen LogP contribution in [-0.2, 0) is 11.1 Å². The first-order valence-electron chi connectivity index (χ1n) is 22.4. The van der Waals surface area contributed by atoms with Crippen LogP contribution in [0.2, 0.25) is 0 Å². The number of anilines is 1. The molecule has 0 spiro atoms. The average Bonchev–Trinajstić information content (AvgIpc) is 4.04. The molecule has 0 saturated carbocycles. The molecule has 6 nitrogen and oxygen atoms in total. The zero-order valence-corrected chi connectivity index (χ0v) is 36.4. The monoisotopic (exact) mass is 819 g/mol. The van der Waals surface area contributed by atoms with Crippen LogP contribution in [0.1, 0.15) is 70.1 Å². The van der Waals surface area contributed by atoms with Crippen LogP contribution in [0.4, 0.5) is 5.69 Å². The number of furan rings is 1. The summed E-state index contributed by atoms with van der Waals surface area (Å²) in [6, 6.07) is 47.5. The average molecular weight is 820 g/mol. The quantitative estimate of drug-likeness (QED) is 0.143. The second-order valence-corrected chi connectivity index (χ2v) is 17.9. The highest BCUT2D eigenvalue weighted by Gasteiger charge is 2.52. The topological polar surface area (TPSA) is 52.0 Å². The van der Waals surface area contributed by atoms with Gasteiger partial charge in [0.05, 0.1) is 44.9 Å². The van der Waals surface area contributed by atoms with E-state index in [0.717, 1.165) is 40.3 Å². The van der Waals surface area contributed by atoms with Gasteiger partial charge in [0.25, 0.3) is 0 Å². The van der Waals surface area contributed by atoms with Gasteiger partial charge in [-0.25, -0.2) is 9.97 Å². The van der Waals surface area contributed by atoms with E-state index in [1.54, 1.807) is 6.20 Å². The molecule has 63 heavy (non-hydrogen) atoms. The molecule has 6 heteroatoms. The van der Waals surface area contributed by atoms with Crippen molar-refractivity contribution >= 4 is 71.5 Å². The summed E-state index contributed by atoms with van der Waals surface area (Å²) in [4.78, 5) is 11.9. The molecule has 12 rings (SSSR count). The second-order valence-electron chi connectivity index (χ2n) is 17.9. The number of pyridine rings is 2. The summed E-state index contributed by atoms with van der Waals surface area (Å²) in [5, 5.41) is 6.92. The highest BCUT2D eigenvalue weighted by molar-refractivity contribution is 6.11. The Labute approximate surface area is 367 Å². The highest BCUT2D eigenvalue weighted by Crippen LogP contribution is 2.56. The maximum atomic E-state index is 6.02. The van der Waals surface area contributed by atoms with Crippen LogP contribution < -0.4 is 4.90 Å². The third-order valence-electron chi connectivity index (χ3n) is 14.8. The largest absolute Gasteiger partial charge is 0.419 e. The summed E-state index contributed by atoms with van der Waals surface area (Å²) in [6.07, 6.45) is 19.4. The lowest BCUT2D eigenvalue weighted by atomic mass is 9.77. The molecule has 0 radical (unpaired) electrons. The minimum atomic E-state index is -0.436. The van der Waals surface area contributed by atoms with E-state index in [2.05, 4.69) is 211 Å². The van der Waals surface area contributed by atoms with Crippen molar-refractivity contribution in [3.63, 3.8) is 0 Å². The lowest BCUT2D eigenvalue weighted by Gasteiger charge is -2.49. The van der Waals surface area contributed by atoms with Crippen molar-refractivity contribution in [2.24, 2.45) is 0 Å². The van der Waals surface area contributed by atoms with Gasteiger partial charge in [-0.05, 0) is 111 Å². The molecule has 6 heterocycles. The molecule has 0 bridgehead atoms. The number of nitrogens with zero attached hydrogens (tertiary/aromatic N) is 5. The molecule has 3 atom stereocenters. The van der Waals surface area contributed by atoms with Crippen LogP contribution in [0.5, 0.6) is 0 Å². The molecule has 308 valence electrons. The molecule has 0 amide bonds. The Morgan fingerprint density at radius 3 is 2.14 bits per heavy atom. The van der Waals surface area contributed by atoms with Crippen LogP contribution in [0.25, 0.3) is 71.5 Å². The van der Waals surface area contributed by atoms with E-state index < -0.39 is 5.54 Å². The van der Waals surface area contributed by atoms with E-state index in [9.17, 15) is 0 Å². The molecular formula is C57H49N5O. The number of para-hydroxylation sites is 3. The Kier molecular flexibility index (Phi) is 8.15. The summed E-state index contributed by atoms with van der Waals surface area (Å²) in [6.45, 7) is 11.7. The van der Waals surface area contributed by atoms with Gasteiger partial charge in [-0.1, -0.05) is 117 Å². The van der Waals surface area contributed by atoms with E-state index in [1.165, 1.54) is 55.0 Å². The standard InChI is InChI=1S/C57H49N5O/c1-6-30-55(4,62-52-25-14-11-20-43(52)47-22-15-16-31-56(47,62)5)37-26-29-51-45(33-37)41-19-10-13-24-50(41)61(51)57(7-2,8-3)38-27-28-49-44(34-38)40-18-9-12-23-48(40)60(49)39-35-46-42-21-17-32-58-53(42)63-54(46)59-36-39/h6,9-36,47H,7-8H2,1-5H3/b30-6-. The number of fused-ring (bicyclic) bond motifs is 12. The van der Waals surface area contributed by atoms with Crippen molar-refractivity contribution in [2.75, 3.05) is 4.90 Å². The smallest absolute Gasteiger partial charge is 0.229 e.